The highest BCUT2D eigenvalue weighted by Gasteiger charge is 2.21. The summed E-state index contributed by atoms with van der Waals surface area (Å²) in [5.41, 5.74) is 1.54. The summed E-state index contributed by atoms with van der Waals surface area (Å²) in [5, 5.41) is 7.58. The lowest BCUT2D eigenvalue weighted by Gasteiger charge is -2.20. The Kier molecular flexibility index (Phi) is 4.94. The fourth-order valence-corrected chi connectivity index (χ4v) is 3.50. The van der Waals surface area contributed by atoms with Gasteiger partial charge in [0.2, 0.25) is 5.89 Å². The number of aryl methyl sites for hydroxylation is 2. The second-order valence-corrected chi connectivity index (χ2v) is 7.75. The highest BCUT2D eigenvalue weighted by atomic mass is 32.2. The van der Waals surface area contributed by atoms with Crippen molar-refractivity contribution in [3.63, 3.8) is 0 Å². The van der Waals surface area contributed by atoms with Gasteiger partial charge in [0.1, 0.15) is 5.75 Å². The summed E-state index contributed by atoms with van der Waals surface area (Å²) in [6, 6.07) is 13.5. The molecular weight excluding hydrogens is 354 g/mol. The fourth-order valence-electron chi connectivity index (χ4n) is 2.30. The van der Waals surface area contributed by atoms with Gasteiger partial charge in [0.05, 0.1) is 10.6 Å². The molecule has 0 spiro atoms. The Hall–Kier alpha value is -2.87. The van der Waals surface area contributed by atoms with E-state index in [9.17, 15) is 8.42 Å². The fraction of sp³-hybridized carbons (Fsp3) is 0.222. The third-order valence-electron chi connectivity index (χ3n) is 3.81. The van der Waals surface area contributed by atoms with Gasteiger partial charge in [-0.15, -0.1) is 10.2 Å². The Labute approximate surface area is 152 Å². The van der Waals surface area contributed by atoms with Crippen LogP contribution in [-0.4, -0.2) is 25.7 Å². The molecule has 136 valence electrons. The molecule has 0 saturated heterocycles. The maximum atomic E-state index is 12.7. The lowest BCUT2D eigenvalue weighted by molar-refractivity contribution is 0.260. The minimum Gasteiger partial charge on any atom is -0.484 e. The summed E-state index contributed by atoms with van der Waals surface area (Å²) in [6.07, 6.45) is 0. The molecule has 3 aromatic rings. The number of anilines is 1. The predicted octanol–water partition coefficient (Wildman–Crippen LogP) is 3.09. The van der Waals surface area contributed by atoms with Crippen molar-refractivity contribution in [3.8, 4) is 5.75 Å². The molecule has 0 saturated carbocycles. The van der Waals surface area contributed by atoms with E-state index in [1.54, 1.807) is 55.5 Å². The van der Waals surface area contributed by atoms with Gasteiger partial charge in [0, 0.05) is 14.0 Å². The normalized spacial score (nSPS) is 11.3. The van der Waals surface area contributed by atoms with E-state index in [2.05, 4.69) is 10.2 Å². The first-order chi connectivity index (χ1) is 12.4. The van der Waals surface area contributed by atoms with Crippen molar-refractivity contribution in [1.29, 1.82) is 0 Å². The molecular formula is C18H19N3O4S. The largest absolute Gasteiger partial charge is 0.484 e. The second kappa shape index (κ2) is 7.17. The van der Waals surface area contributed by atoms with Gasteiger partial charge in [-0.1, -0.05) is 17.7 Å². The van der Waals surface area contributed by atoms with Crippen molar-refractivity contribution in [1.82, 2.24) is 10.2 Å². The molecule has 0 aliphatic heterocycles. The van der Waals surface area contributed by atoms with Crippen LogP contribution in [0.1, 0.15) is 17.3 Å². The van der Waals surface area contributed by atoms with Crippen molar-refractivity contribution >= 4 is 15.7 Å². The average molecular weight is 373 g/mol. The number of rotatable bonds is 6. The van der Waals surface area contributed by atoms with E-state index < -0.39 is 10.0 Å². The first kappa shape index (κ1) is 17.9. The van der Waals surface area contributed by atoms with Crippen LogP contribution in [0.3, 0.4) is 0 Å². The van der Waals surface area contributed by atoms with Crippen LogP contribution in [0.4, 0.5) is 5.69 Å². The summed E-state index contributed by atoms with van der Waals surface area (Å²) in [7, 11) is -2.09. The van der Waals surface area contributed by atoms with Crippen molar-refractivity contribution in [2.45, 2.75) is 25.3 Å². The highest BCUT2D eigenvalue weighted by Crippen LogP contribution is 2.24. The molecule has 0 unspecified atom stereocenters. The Morgan fingerprint density at radius 3 is 2.23 bits per heavy atom. The number of nitrogens with zero attached hydrogens (tertiary/aromatic N) is 3. The number of hydrogen-bond acceptors (Lipinski definition) is 6. The summed E-state index contributed by atoms with van der Waals surface area (Å²) in [6.45, 7) is 3.77. The molecule has 1 heterocycles. The zero-order chi connectivity index (χ0) is 18.7. The van der Waals surface area contributed by atoms with E-state index in [0.29, 0.717) is 23.2 Å². The summed E-state index contributed by atoms with van der Waals surface area (Å²) in [4.78, 5) is 0.248. The molecule has 3 rings (SSSR count). The Bertz CT molecular complexity index is 980. The number of aromatic nitrogens is 2. The van der Waals surface area contributed by atoms with Crippen molar-refractivity contribution < 1.29 is 17.6 Å². The van der Waals surface area contributed by atoms with Gasteiger partial charge in [0.25, 0.3) is 15.9 Å². The van der Waals surface area contributed by atoms with E-state index in [1.807, 2.05) is 6.92 Å². The Balaban J connectivity index is 1.71. The molecule has 0 aliphatic rings. The molecule has 8 heteroatoms. The van der Waals surface area contributed by atoms with Crippen LogP contribution in [0.2, 0.25) is 0 Å². The summed E-state index contributed by atoms with van der Waals surface area (Å²) in [5.74, 6) is 1.43. The molecule has 0 radical (unpaired) electrons. The molecule has 0 bridgehead atoms. The molecule has 2 aromatic carbocycles. The molecule has 0 amide bonds. The second-order valence-electron chi connectivity index (χ2n) is 5.78. The van der Waals surface area contributed by atoms with Crippen LogP contribution in [0, 0.1) is 13.8 Å². The van der Waals surface area contributed by atoms with Gasteiger partial charge >= 0.3 is 0 Å². The zero-order valence-corrected chi connectivity index (χ0v) is 15.5. The maximum Gasteiger partial charge on any atom is 0.264 e. The highest BCUT2D eigenvalue weighted by molar-refractivity contribution is 7.92. The van der Waals surface area contributed by atoms with E-state index in [-0.39, 0.29) is 11.5 Å². The third kappa shape index (κ3) is 3.85. The van der Waals surface area contributed by atoms with Crippen LogP contribution < -0.4 is 9.04 Å². The number of sulfonamides is 1. The van der Waals surface area contributed by atoms with Crippen LogP contribution in [0.5, 0.6) is 5.75 Å². The lowest BCUT2D eigenvalue weighted by atomic mass is 10.2. The van der Waals surface area contributed by atoms with Gasteiger partial charge < -0.3 is 9.15 Å². The van der Waals surface area contributed by atoms with Crippen LogP contribution in [0.25, 0.3) is 0 Å². The monoisotopic (exact) mass is 373 g/mol. The molecule has 7 nitrogen and oxygen atoms in total. The topological polar surface area (TPSA) is 85.5 Å². The number of benzene rings is 2. The van der Waals surface area contributed by atoms with E-state index in [4.69, 9.17) is 9.15 Å². The number of ether oxygens (including phenoxy) is 1. The third-order valence-corrected chi connectivity index (χ3v) is 5.61. The number of hydrogen-bond donors (Lipinski definition) is 0. The van der Waals surface area contributed by atoms with Crippen LogP contribution >= 0.6 is 0 Å². The molecule has 0 fully saturated rings. The SMILES string of the molecule is Cc1ccc(S(=O)(=O)N(C)c2ccc(OCc3nnc(C)o3)cc2)cc1. The van der Waals surface area contributed by atoms with Gasteiger partial charge in [-0.05, 0) is 43.3 Å². The summed E-state index contributed by atoms with van der Waals surface area (Å²) >= 11 is 0. The molecule has 1 aromatic heterocycles. The van der Waals surface area contributed by atoms with Gasteiger partial charge in [-0.3, -0.25) is 4.31 Å². The quantitative estimate of drug-likeness (QED) is 0.660. The lowest BCUT2D eigenvalue weighted by Crippen LogP contribution is -2.26. The first-order valence-corrected chi connectivity index (χ1v) is 9.38. The molecule has 0 aliphatic carbocycles. The van der Waals surface area contributed by atoms with Crippen molar-refractivity contribution in [2.24, 2.45) is 0 Å². The van der Waals surface area contributed by atoms with Crippen molar-refractivity contribution in [3.05, 3.63) is 65.9 Å². The Morgan fingerprint density at radius 2 is 1.65 bits per heavy atom. The maximum absolute atomic E-state index is 12.7. The zero-order valence-electron chi connectivity index (χ0n) is 14.7. The van der Waals surface area contributed by atoms with E-state index in [1.165, 1.54) is 11.4 Å². The summed E-state index contributed by atoms with van der Waals surface area (Å²) < 4.78 is 37.5. The van der Waals surface area contributed by atoms with Gasteiger partial charge in [-0.25, -0.2) is 8.42 Å². The molecule has 0 N–H and O–H groups in total. The average Bonchev–Trinajstić information content (AvgIpc) is 3.05. The predicted molar refractivity (Wildman–Crippen MR) is 96.6 cm³/mol. The minimum atomic E-state index is -3.61. The van der Waals surface area contributed by atoms with Crippen molar-refractivity contribution in [2.75, 3.05) is 11.4 Å². The van der Waals surface area contributed by atoms with Gasteiger partial charge in [-0.2, -0.15) is 0 Å². The Morgan fingerprint density at radius 1 is 1.00 bits per heavy atom. The molecule has 26 heavy (non-hydrogen) atoms. The van der Waals surface area contributed by atoms with Gasteiger partial charge in [0.15, 0.2) is 6.61 Å². The van der Waals surface area contributed by atoms with E-state index >= 15 is 0 Å². The smallest absolute Gasteiger partial charge is 0.264 e. The minimum absolute atomic E-state index is 0.150. The van der Waals surface area contributed by atoms with E-state index in [0.717, 1.165) is 5.56 Å². The standard InChI is InChI=1S/C18H19N3O4S/c1-13-4-10-17(11-5-13)26(22,23)21(3)15-6-8-16(9-7-15)24-12-18-20-19-14(2)25-18/h4-11H,12H2,1-3H3. The van der Waals surface area contributed by atoms with Crippen LogP contribution in [0.15, 0.2) is 57.8 Å². The molecule has 0 atom stereocenters. The van der Waals surface area contributed by atoms with Crippen LogP contribution in [-0.2, 0) is 16.6 Å². The first-order valence-electron chi connectivity index (χ1n) is 7.94.